The molecule has 4 heteroatoms. The summed E-state index contributed by atoms with van der Waals surface area (Å²) in [5.41, 5.74) is 0.824. The number of hydrogen-bond donors (Lipinski definition) is 1. The monoisotopic (exact) mass is 223 g/mol. The largest absolute Gasteiger partial charge is 0.356 e. The number of hydrogen-bond acceptors (Lipinski definition) is 3. The zero-order valence-electron chi connectivity index (χ0n) is 8.92. The molecule has 1 heterocycles. The maximum Gasteiger partial charge on any atom is 0.224 e. The lowest BCUT2D eigenvalue weighted by atomic mass is 10.2. The summed E-state index contributed by atoms with van der Waals surface area (Å²) in [6.07, 6.45) is 7.34. The van der Waals surface area contributed by atoms with Crippen molar-refractivity contribution in [3.05, 3.63) is 17.0 Å². The van der Waals surface area contributed by atoms with Crippen molar-refractivity contribution in [3.8, 4) is 12.3 Å². The highest BCUT2D eigenvalue weighted by molar-refractivity contribution is 6.28. The van der Waals surface area contributed by atoms with Gasteiger partial charge in [-0.15, -0.1) is 6.42 Å². The lowest BCUT2D eigenvalue weighted by molar-refractivity contribution is 0.752. The Morgan fingerprint density at radius 2 is 2.33 bits per heavy atom. The SMILES string of the molecule is C#CC(CCC)Nc1cc(C)nc(Cl)n1. The first kappa shape index (κ1) is 11.8. The van der Waals surface area contributed by atoms with Gasteiger partial charge in [0.15, 0.2) is 0 Å². The predicted molar refractivity (Wildman–Crippen MR) is 62.9 cm³/mol. The molecule has 15 heavy (non-hydrogen) atoms. The van der Waals surface area contributed by atoms with Gasteiger partial charge in [-0.05, 0) is 24.9 Å². The number of nitrogens with zero attached hydrogens (tertiary/aromatic N) is 2. The summed E-state index contributed by atoms with van der Waals surface area (Å²) in [7, 11) is 0. The molecule has 0 spiro atoms. The Kier molecular flexibility index (Phi) is 4.38. The van der Waals surface area contributed by atoms with Gasteiger partial charge in [0.25, 0.3) is 0 Å². The molecule has 1 N–H and O–H groups in total. The first-order valence-corrected chi connectivity index (χ1v) is 5.27. The van der Waals surface area contributed by atoms with Crippen molar-refractivity contribution in [2.24, 2.45) is 0 Å². The number of rotatable bonds is 4. The number of aromatic nitrogens is 2. The second-order valence-corrected chi connectivity index (χ2v) is 3.65. The fraction of sp³-hybridized carbons (Fsp3) is 0.455. The number of aryl methyl sites for hydroxylation is 1. The molecule has 1 aromatic heterocycles. The van der Waals surface area contributed by atoms with E-state index in [0.29, 0.717) is 5.82 Å². The van der Waals surface area contributed by atoms with Gasteiger partial charge in [-0.3, -0.25) is 0 Å². The van der Waals surface area contributed by atoms with Crippen LogP contribution in [0.3, 0.4) is 0 Å². The van der Waals surface area contributed by atoms with Gasteiger partial charge in [0, 0.05) is 11.8 Å². The maximum atomic E-state index is 5.74. The highest BCUT2D eigenvalue weighted by atomic mass is 35.5. The molecule has 0 aromatic carbocycles. The van der Waals surface area contributed by atoms with E-state index in [0.717, 1.165) is 18.5 Å². The molecule has 1 aromatic rings. The van der Waals surface area contributed by atoms with Gasteiger partial charge in [0.05, 0.1) is 6.04 Å². The lowest BCUT2D eigenvalue weighted by Gasteiger charge is -2.12. The van der Waals surface area contributed by atoms with E-state index in [1.165, 1.54) is 0 Å². The van der Waals surface area contributed by atoms with Gasteiger partial charge in [0.2, 0.25) is 5.28 Å². The summed E-state index contributed by atoms with van der Waals surface area (Å²) in [5.74, 6) is 3.36. The third-order valence-electron chi connectivity index (χ3n) is 1.93. The summed E-state index contributed by atoms with van der Waals surface area (Å²) in [5, 5.41) is 3.38. The predicted octanol–water partition coefficient (Wildman–Crippen LogP) is 2.65. The van der Waals surface area contributed by atoms with Crippen LogP contribution in [0.2, 0.25) is 5.28 Å². The lowest BCUT2D eigenvalue weighted by Crippen LogP contribution is -2.17. The van der Waals surface area contributed by atoms with Crippen molar-refractivity contribution in [3.63, 3.8) is 0 Å². The van der Waals surface area contributed by atoms with Gasteiger partial charge in [0.1, 0.15) is 5.82 Å². The molecule has 0 amide bonds. The molecule has 0 radical (unpaired) electrons. The Hall–Kier alpha value is -1.27. The van der Waals surface area contributed by atoms with Crippen molar-refractivity contribution in [2.45, 2.75) is 32.7 Å². The Balaban J connectivity index is 2.75. The molecular formula is C11H14ClN3. The Labute approximate surface area is 95.3 Å². The van der Waals surface area contributed by atoms with Gasteiger partial charge in [-0.2, -0.15) is 0 Å². The Morgan fingerprint density at radius 3 is 2.87 bits per heavy atom. The van der Waals surface area contributed by atoms with Crippen LogP contribution < -0.4 is 5.32 Å². The smallest absolute Gasteiger partial charge is 0.224 e. The van der Waals surface area contributed by atoms with Crippen LogP contribution in [0.4, 0.5) is 5.82 Å². The third kappa shape index (κ3) is 3.77. The summed E-state index contributed by atoms with van der Waals surface area (Å²) in [4.78, 5) is 8.03. The zero-order chi connectivity index (χ0) is 11.3. The minimum absolute atomic E-state index is 0.000340. The zero-order valence-corrected chi connectivity index (χ0v) is 9.67. The average molecular weight is 224 g/mol. The number of terminal acetylenes is 1. The molecule has 0 aliphatic carbocycles. The molecule has 0 aliphatic rings. The normalized spacial score (nSPS) is 11.9. The first-order chi connectivity index (χ1) is 7.15. The quantitative estimate of drug-likeness (QED) is 0.630. The van der Waals surface area contributed by atoms with Crippen LogP contribution in [0.1, 0.15) is 25.5 Å². The molecule has 0 fully saturated rings. The topological polar surface area (TPSA) is 37.8 Å². The van der Waals surface area contributed by atoms with E-state index in [2.05, 4.69) is 28.1 Å². The van der Waals surface area contributed by atoms with Crippen molar-refractivity contribution in [1.82, 2.24) is 9.97 Å². The van der Waals surface area contributed by atoms with Crippen LogP contribution in [0, 0.1) is 19.3 Å². The molecule has 0 bridgehead atoms. The summed E-state index contributed by atoms with van der Waals surface area (Å²) >= 11 is 5.74. The van der Waals surface area contributed by atoms with Crippen molar-refractivity contribution in [1.29, 1.82) is 0 Å². The molecule has 0 saturated carbocycles. The van der Waals surface area contributed by atoms with E-state index >= 15 is 0 Å². The molecule has 0 aliphatic heterocycles. The molecule has 80 valence electrons. The number of halogens is 1. The molecule has 0 saturated heterocycles. The third-order valence-corrected chi connectivity index (χ3v) is 2.10. The van der Waals surface area contributed by atoms with E-state index in [1.54, 1.807) is 0 Å². The van der Waals surface area contributed by atoms with Crippen LogP contribution in [-0.4, -0.2) is 16.0 Å². The van der Waals surface area contributed by atoms with Crippen molar-refractivity contribution in [2.75, 3.05) is 5.32 Å². The summed E-state index contributed by atoms with van der Waals surface area (Å²) in [6.45, 7) is 3.95. The van der Waals surface area contributed by atoms with Crippen LogP contribution in [0.5, 0.6) is 0 Å². The van der Waals surface area contributed by atoms with Gasteiger partial charge < -0.3 is 5.32 Å². The fourth-order valence-electron chi connectivity index (χ4n) is 1.27. The number of nitrogens with one attached hydrogen (secondary N) is 1. The maximum absolute atomic E-state index is 5.74. The molecular weight excluding hydrogens is 210 g/mol. The molecule has 1 unspecified atom stereocenters. The summed E-state index contributed by atoms with van der Waals surface area (Å²) < 4.78 is 0. The van der Waals surface area contributed by atoms with Crippen LogP contribution in [0.15, 0.2) is 6.07 Å². The fourth-order valence-corrected chi connectivity index (χ4v) is 1.49. The van der Waals surface area contributed by atoms with Gasteiger partial charge >= 0.3 is 0 Å². The van der Waals surface area contributed by atoms with E-state index in [1.807, 2.05) is 13.0 Å². The van der Waals surface area contributed by atoms with Crippen molar-refractivity contribution < 1.29 is 0 Å². The minimum atomic E-state index is 0.000340. The Morgan fingerprint density at radius 1 is 1.60 bits per heavy atom. The van der Waals surface area contributed by atoms with Crippen LogP contribution in [0.25, 0.3) is 0 Å². The molecule has 1 rings (SSSR count). The van der Waals surface area contributed by atoms with E-state index in [4.69, 9.17) is 18.0 Å². The second-order valence-electron chi connectivity index (χ2n) is 3.32. The van der Waals surface area contributed by atoms with Crippen LogP contribution in [-0.2, 0) is 0 Å². The highest BCUT2D eigenvalue weighted by Crippen LogP contribution is 2.12. The second kappa shape index (κ2) is 5.57. The van der Waals surface area contributed by atoms with E-state index in [-0.39, 0.29) is 11.3 Å². The van der Waals surface area contributed by atoms with Crippen molar-refractivity contribution >= 4 is 17.4 Å². The van der Waals surface area contributed by atoms with Gasteiger partial charge in [-0.1, -0.05) is 19.3 Å². The van der Waals surface area contributed by atoms with Crippen LogP contribution >= 0.6 is 11.6 Å². The Bertz CT molecular complexity index is 350. The highest BCUT2D eigenvalue weighted by Gasteiger charge is 2.05. The standard InChI is InChI=1S/C11H14ClN3/c1-4-6-9(5-2)14-10-7-8(3)13-11(12)15-10/h2,7,9H,4,6H2,1,3H3,(H,13,14,15). The average Bonchev–Trinajstić information content (AvgIpc) is 2.15. The molecule has 1 atom stereocenters. The van der Waals surface area contributed by atoms with E-state index < -0.39 is 0 Å². The number of anilines is 1. The van der Waals surface area contributed by atoms with Gasteiger partial charge in [-0.25, -0.2) is 9.97 Å². The van der Waals surface area contributed by atoms with E-state index in [9.17, 15) is 0 Å². The molecule has 3 nitrogen and oxygen atoms in total. The first-order valence-electron chi connectivity index (χ1n) is 4.89. The minimum Gasteiger partial charge on any atom is -0.356 e. The summed E-state index contributed by atoms with van der Waals surface area (Å²) in [6, 6.07) is 1.83.